The smallest absolute Gasteiger partial charge is 0.319 e. The number of nitrogens with one attached hydrogen (secondary N) is 3. The Bertz CT molecular complexity index is 858. The summed E-state index contributed by atoms with van der Waals surface area (Å²) in [5.74, 6) is 0. The zero-order valence-corrected chi connectivity index (χ0v) is 14.3. The van der Waals surface area contributed by atoms with Crippen molar-refractivity contribution in [2.45, 2.75) is 18.9 Å². The van der Waals surface area contributed by atoms with Crippen molar-refractivity contribution in [3.63, 3.8) is 0 Å². The lowest BCUT2D eigenvalue weighted by Crippen LogP contribution is -2.30. The minimum atomic E-state index is -3.61. The Morgan fingerprint density at radius 2 is 1.60 bits per heavy atom. The molecule has 0 atom stereocenters. The van der Waals surface area contributed by atoms with Crippen LogP contribution in [-0.2, 0) is 10.0 Å². The molecule has 1 aliphatic carbocycles. The van der Waals surface area contributed by atoms with Gasteiger partial charge in [-0.05, 0) is 48.7 Å². The highest BCUT2D eigenvalue weighted by Gasteiger charge is 2.23. The second-order valence-electron chi connectivity index (χ2n) is 5.81. The topological polar surface area (TPSA) is 87.3 Å². The molecular weight excluding hydrogens is 338 g/mol. The van der Waals surface area contributed by atoms with E-state index in [0.29, 0.717) is 11.4 Å². The number of hydrogen-bond donors (Lipinski definition) is 3. The lowest BCUT2D eigenvalue weighted by Gasteiger charge is -2.08. The number of rotatable bonds is 6. The third-order valence-electron chi connectivity index (χ3n) is 3.55. The van der Waals surface area contributed by atoms with Crippen LogP contribution in [0.3, 0.4) is 0 Å². The van der Waals surface area contributed by atoms with Gasteiger partial charge in [-0.2, -0.15) is 0 Å². The highest BCUT2D eigenvalue weighted by atomic mass is 32.2. The Kier molecular flexibility index (Phi) is 5.04. The molecule has 3 N–H and O–H groups in total. The van der Waals surface area contributed by atoms with Crippen molar-refractivity contribution in [3.8, 4) is 0 Å². The molecule has 25 heavy (non-hydrogen) atoms. The minimum Gasteiger partial charge on any atom is -0.335 e. The average Bonchev–Trinajstić information content (AvgIpc) is 3.39. The van der Waals surface area contributed by atoms with Crippen LogP contribution in [0.4, 0.5) is 16.2 Å². The molecule has 0 radical (unpaired) electrons. The van der Waals surface area contributed by atoms with E-state index in [2.05, 4.69) is 15.4 Å². The summed E-state index contributed by atoms with van der Waals surface area (Å²) >= 11 is 0. The van der Waals surface area contributed by atoms with Crippen LogP contribution in [0.15, 0.2) is 60.0 Å². The predicted octanol–water partition coefficient (Wildman–Crippen LogP) is 3.38. The van der Waals surface area contributed by atoms with E-state index in [9.17, 15) is 13.2 Å². The third-order valence-corrected chi connectivity index (χ3v) is 4.57. The van der Waals surface area contributed by atoms with E-state index in [4.69, 9.17) is 0 Å². The summed E-state index contributed by atoms with van der Waals surface area (Å²) in [7, 11) is -3.61. The van der Waals surface area contributed by atoms with Gasteiger partial charge in [-0.1, -0.05) is 30.3 Å². The normalized spacial score (nSPS) is 14.2. The van der Waals surface area contributed by atoms with Gasteiger partial charge in [0.2, 0.25) is 0 Å². The van der Waals surface area contributed by atoms with Gasteiger partial charge in [-0.15, -0.1) is 0 Å². The van der Waals surface area contributed by atoms with Crippen LogP contribution in [0.25, 0.3) is 6.08 Å². The molecular formula is C18H19N3O3S. The SMILES string of the molecule is O=C(Nc1ccc(NS(=O)(=O)/C=C/c2ccccc2)cc1)NC1CC1. The number of sulfonamides is 1. The highest BCUT2D eigenvalue weighted by molar-refractivity contribution is 7.95. The Hall–Kier alpha value is -2.80. The summed E-state index contributed by atoms with van der Waals surface area (Å²) in [5.41, 5.74) is 1.82. The third kappa shape index (κ3) is 5.65. The number of urea groups is 1. The average molecular weight is 357 g/mol. The molecule has 0 aliphatic heterocycles. The van der Waals surface area contributed by atoms with Crippen LogP contribution in [0.1, 0.15) is 18.4 Å². The number of hydrogen-bond acceptors (Lipinski definition) is 3. The van der Waals surface area contributed by atoms with Gasteiger partial charge in [0.1, 0.15) is 0 Å². The van der Waals surface area contributed by atoms with Crippen molar-refractivity contribution in [1.29, 1.82) is 0 Å². The molecule has 0 spiro atoms. The molecule has 0 saturated heterocycles. The Labute approximate surface area is 147 Å². The maximum absolute atomic E-state index is 12.1. The van der Waals surface area contributed by atoms with Crippen LogP contribution in [0.5, 0.6) is 0 Å². The number of anilines is 2. The minimum absolute atomic E-state index is 0.248. The van der Waals surface area contributed by atoms with Crippen molar-refractivity contribution in [3.05, 3.63) is 65.6 Å². The summed E-state index contributed by atoms with van der Waals surface area (Å²) in [6.45, 7) is 0. The van der Waals surface area contributed by atoms with Crippen LogP contribution >= 0.6 is 0 Å². The van der Waals surface area contributed by atoms with Gasteiger partial charge in [0.15, 0.2) is 0 Å². The van der Waals surface area contributed by atoms with Crippen molar-refractivity contribution in [2.24, 2.45) is 0 Å². The van der Waals surface area contributed by atoms with Crippen LogP contribution in [-0.4, -0.2) is 20.5 Å². The molecule has 0 bridgehead atoms. The van der Waals surface area contributed by atoms with Gasteiger partial charge >= 0.3 is 6.03 Å². The molecule has 3 rings (SSSR count). The standard InChI is InChI=1S/C18H19N3O3S/c22-18(19-15-6-7-15)20-16-8-10-17(11-9-16)21-25(23,24)13-12-14-4-2-1-3-5-14/h1-5,8-13,15,21H,6-7H2,(H2,19,20,22)/b13-12+. The first kappa shape index (κ1) is 17.0. The molecule has 2 aromatic rings. The van der Waals surface area contributed by atoms with E-state index in [0.717, 1.165) is 23.8 Å². The summed E-state index contributed by atoms with van der Waals surface area (Å²) < 4.78 is 26.6. The van der Waals surface area contributed by atoms with Crippen LogP contribution < -0.4 is 15.4 Å². The van der Waals surface area contributed by atoms with Crippen LogP contribution in [0, 0.1) is 0 Å². The van der Waals surface area contributed by atoms with E-state index in [1.54, 1.807) is 24.3 Å². The second-order valence-corrected chi connectivity index (χ2v) is 7.38. The van der Waals surface area contributed by atoms with Gasteiger partial charge < -0.3 is 10.6 Å². The van der Waals surface area contributed by atoms with Gasteiger partial charge in [0, 0.05) is 17.4 Å². The number of amides is 2. The Balaban J connectivity index is 1.58. The van der Waals surface area contributed by atoms with E-state index in [1.807, 2.05) is 30.3 Å². The number of benzene rings is 2. The fourth-order valence-corrected chi connectivity index (χ4v) is 3.00. The van der Waals surface area contributed by atoms with E-state index < -0.39 is 10.0 Å². The van der Waals surface area contributed by atoms with Gasteiger partial charge in [0.05, 0.1) is 5.41 Å². The molecule has 1 fully saturated rings. The van der Waals surface area contributed by atoms with Gasteiger partial charge in [-0.25, -0.2) is 13.2 Å². The number of carbonyl (C=O) groups is 1. The van der Waals surface area contributed by atoms with Crippen LogP contribution in [0.2, 0.25) is 0 Å². The summed E-state index contributed by atoms with van der Waals surface area (Å²) in [5, 5.41) is 6.65. The molecule has 0 aromatic heterocycles. The molecule has 0 heterocycles. The second kappa shape index (κ2) is 7.40. The number of carbonyl (C=O) groups excluding carboxylic acids is 1. The Morgan fingerprint density at radius 1 is 0.960 bits per heavy atom. The monoisotopic (exact) mass is 357 g/mol. The van der Waals surface area contributed by atoms with E-state index >= 15 is 0 Å². The molecule has 0 unspecified atom stereocenters. The van der Waals surface area contributed by atoms with Crippen molar-refractivity contribution in [1.82, 2.24) is 5.32 Å². The largest absolute Gasteiger partial charge is 0.335 e. The molecule has 6 nitrogen and oxygen atoms in total. The summed E-state index contributed by atoms with van der Waals surface area (Å²) in [6.07, 6.45) is 3.57. The van der Waals surface area contributed by atoms with Gasteiger partial charge in [-0.3, -0.25) is 4.72 Å². The first-order valence-corrected chi connectivity index (χ1v) is 9.48. The van der Waals surface area contributed by atoms with Crippen molar-refractivity contribution < 1.29 is 13.2 Å². The van der Waals surface area contributed by atoms with E-state index in [-0.39, 0.29) is 12.1 Å². The fraction of sp³-hybridized carbons (Fsp3) is 0.167. The first-order valence-electron chi connectivity index (χ1n) is 7.94. The molecule has 2 amide bonds. The maximum Gasteiger partial charge on any atom is 0.319 e. The molecule has 1 saturated carbocycles. The molecule has 1 aliphatic rings. The van der Waals surface area contributed by atoms with Crippen molar-refractivity contribution >= 4 is 33.5 Å². The lowest BCUT2D eigenvalue weighted by atomic mass is 10.2. The Morgan fingerprint density at radius 3 is 2.24 bits per heavy atom. The molecule has 130 valence electrons. The molecule has 7 heteroatoms. The quantitative estimate of drug-likeness (QED) is 0.740. The predicted molar refractivity (Wildman–Crippen MR) is 99.6 cm³/mol. The molecule has 2 aromatic carbocycles. The van der Waals surface area contributed by atoms with E-state index in [1.165, 1.54) is 6.08 Å². The highest BCUT2D eigenvalue weighted by Crippen LogP contribution is 2.19. The lowest BCUT2D eigenvalue weighted by molar-refractivity contribution is 0.251. The summed E-state index contributed by atoms with van der Waals surface area (Å²) in [6, 6.07) is 15.7. The first-order chi connectivity index (χ1) is 12.0. The summed E-state index contributed by atoms with van der Waals surface area (Å²) in [4.78, 5) is 11.7. The zero-order chi connectivity index (χ0) is 17.7. The zero-order valence-electron chi connectivity index (χ0n) is 13.5. The van der Waals surface area contributed by atoms with Gasteiger partial charge in [0.25, 0.3) is 10.0 Å². The van der Waals surface area contributed by atoms with Crippen molar-refractivity contribution in [2.75, 3.05) is 10.0 Å². The fourth-order valence-electron chi connectivity index (χ4n) is 2.13. The maximum atomic E-state index is 12.1.